The van der Waals surface area contributed by atoms with Crippen molar-refractivity contribution in [2.45, 2.75) is 13.5 Å². The molecule has 0 amide bonds. The molecule has 2 heterocycles. The van der Waals surface area contributed by atoms with Crippen molar-refractivity contribution in [1.82, 2.24) is 14.5 Å². The third-order valence-electron chi connectivity index (χ3n) is 4.43. The molecule has 0 aliphatic heterocycles. The van der Waals surface area contributed by atoms with E-state index in [2.05, 4.69) is 9.97 Å². The molecule has 2 aromatic heterocycles. The number of aryl methyl sites for hydroxylation is 1. The van der Waals surface area contributed by atoms with Crippen LogP contribution in [0.2, 0.25) is 0 Å². The van der Waals surface area contributed by atoms with Crippen molar-refractivity contribution in [2.24, 2.45) is 0 Å². The van der Waals surface area contributed by atoms with E-state index in [0.717, 1.165) is 5.56 Å². The van der Waals surface area contributed by atoms with Gasteiger partial charge in [-0.2, -0.15) is 4.98 Å². The van der Waals surface area contributed by atoms with Gasteiger partial charge in [-0.1, -0.05) is 29.8 Å². The first-order chi connectivity index (χ1) is 13.5. The van der Waals surface area contributed by atoms with Gasteiger partial charge in [0.05, 0.1) is 19.2 Å². The lowest BCUT2D eigenvalue weighted by Gasteiger charge is -2.04. The Kier molecular flexibility index (Phi) is 4.49. The number of benzene rings is 2. The molecule has 7 nitrogen and oxygen atoms in total. The van der Waals surface area contributed by atoms with Crippen molar-refractivity contribution in [1.29, 1.82) is 0 Å². The second kappa shape index (κ2) is 7.11. The van der Waals surface area contributed by atoms with Crippen molar-refractivity contribution in [3.05, 3.63) is 87.8 Å². The summed E-state index contributed by atoms with van der Waals surface area (Å²) in [7, 11) is 1.51. The van der Waals surface area contributed by atoms with E-state index in [1.807, 2.05) is 19.1 Å². The summed E-state index contributed by atoms with van der Waals surface area (Å²) in [5.74, 6) is 0.163. The summed E-state index contributed by atoms with van der Waals surface area (Å²) in [5, 5.41) is 0. The average molecular weight is 375 g/mol. The van der Waals surface area contributed by atoms with Gasteiger partial charge in [0.1, 0.15) is 0 Å². The van der Waals surface area contributed by atoms with Crippen LogP contribution in [0.5, 0.6) is 5.88 Å². The Morgan fingerprint density at radius 1 is 1.11 bits per heavy atom. The number of rotatable bonds is 5. The minimum absolute atomic E-state index is 0.131. The number of methoxy groups -OCH3 is 1. The molecule has 0 bridgehead atoms. The zero-order valence-electron chi connectivity index (χ0n) is 15.4. The Balaban J connectivity index is 1.69. The van der Waals surface area contributed by atoms with Crippen molar-refractivity contribution >= 4 is 16.9 Å². The Hall–Kier alpha value is -3.74. The monoisotopic (exact) mass is 375 g/mol. The lowest BCUT2D eigenvalue weighted by atomic mass is 10.0. The predicted molar refractivity (Wildman–Crippen MR) is 103 cm³/mol. The molecule has 4 rings (SSSR count). The fourth-order valence-corrected chi connectivity index (χ4v) is 2.94. The Morgan fingerprint density at radius 3 is 2.61 bits per heavy atom. The van der Waals surface area contributed by atoms with E-state index in [0.29, 0.717) is 33.9 Å². The fraction of sp³-hybridized carbons (Fsp3) is 0.143. The lowest BCUT2D eigenvalue weighted by Crippen LogP contribution is -2.16. The summed E-state index contributed by atoms with van der Waals surface area (Å²) >= 11 is 0. The SMILES string of the molecule is COc1ccnc(Cn2c(=O)oc3cc(C(=O)c4ccc(C)cc4)ccc32)n1. The molecule has 0 atom stereocenters. The highest BCUT2D eigenvalue weighted by Crippen LogP contribution is 2.19. The van der Waals surface area contributed by atoms with Gasteiger partial charge in [0, 0.05) is 23.4 Å². The van der Waals surface area contributed by atoms with Crippen molar-refractivity contribution < 1.29 is 13.9 Å². The number of carbonyl (C=O) groups excluding carboxylic acids is 1. The number of nitrogens with zero attached hydrogens (tertiary/aromatic N) is 3. The van der Waals surface area contributed by atoms with Gasteiger partial charge < -0.3 is 9.15 Å². The number of aromatic nitrogens is 3. The first-order valence-corrected chi connectivity index (χ1v) is 8.66. The van der Waals surface area contributed by atoms with Crippen molar-refractivity contribution in [2.75, 3.05) is 7.11 Å². The van der Waals surface area contributed by atoms with Crippen LogP contribution in [0.25, 0.3) is 11.1 Å². The summed E-state index contributed by atoms with van der Waals surface area (Å²) < 4.78 is 11.8. The van der Waals surface area contributed by atoms with E-state index < -0.39 is 5.76 Å². The molecule has 0 radical (unpaired) electrons. The molecule has 0 N–H and O–H groups in total. The number of hydrogen-bond acceptors (Lipinski definition) is 6. The van der Waals surface area contributed by atoms with Crippen LogP contribution in [0, 0.1) is 6.92 Å². The third kappa shape index (κ3) is 3.29. The molecule has 28 heavy (non-hydrogen) atoms. The highest BCUT2D eigenvalue weighted by atomic mass is 16.5. The minimum Gasteiger partial charge on any atom is -0.481 e. The number of hydrogen-bond donors (Lipinski definition) is 0. The molecule has 0 spiro atoms. The van der Waals surface area contributed by atoms with Gasteiger partial charge >= 0.3 is 5.76 Å². The second-order valence-electron chi connectivity index (χ2n) is 6.35. The van der Waals surface area contributed by atoms with Crippen LogP contribution >= 0.6 is 0 Å². The first-order valence-electron chi connectivity index (χ1n) is 8.66. The first kappa shape index (κ1) is 17.7. The van der Waals surface area contributed by atoms with Crippen LogP contribution < -0.4 is 10.5 Å². The molecule has 7 heteroatoms. The number of fused-ring (bicyclic) bond motifs is 1. The molecule has 2 aromatic carbocycles. The molecule has 0 fully saturated rings. The zero-order valence-corrected chi connectivity index (χ0v) is 15.4. The van der Waals surface area contributed by atoms with Crippen molar-refractivity contribution in [3.8, 4) is 5.88 Å². The van der Waals surface area contributed by atoms with Gasteiger partial charge in [-0.05, 0) is 25.1 Å². The van der Waals surface area contributed by atoms with Gasteiger partial charge in [-0.15, -0.1) is 0 Å². The van der Waals surface area contributed by atoms with Crippen LogP contribution in [0.3, 0.4) is 0 Å². The summed E-state index contributed by atoms with van der Waals surface area (Å²) in [4.78, 5) is 33.4. The van der Waals surface area contributed by atoms with E-state index in [9.17, 15) is 9.59 Å². The summed E-state index contributed by atoms with van der Waals surface area (Å²) in [6.07, 6.45) is 1.56. The normalized spacial score (nSPS) is 10.9. The molecule has 0 unspecified atom stereocenters. The highest BCUT2D eigenvalue weighted by Gasteiger charge is 2.15. The molecule has 4 aromatic rings. The molecular formula is C21H17N3O4. The molecule has 0 aliphatic rings. The lowest BCUT2D eigenvalue weighted by molar-refractivity contribution is 0.103. The van der Waals surface area contributed by atoms with Crippen LogP contribution in [-0.4, -0.2) is 27.4 Å². The topological polar surface area (TPSA) is 87.2 Å². The molecule has 140 valence electrons. The largest absolute Gasteiger partial charge is 0.481 e. The van der Waals surface area contributed by atoms with Crippen LogP contribution in [-0.2, 0) is 6.54 Å². The van der Waals surface area contributed by atoms with Gasteiger partial charge in [0.15, 0.2) is 17.2 Å². The number of oxazole rings is 1. The van der Waals surface area contributed by atoms with E-state index in [1.54, 1.807) is 42.6 Å². The Morgan fingerprint density at radius 2 is 1.86 bits per heavy atom. The zero-order chi connectivity index (χ0) is 19.7. The molecule has 0 aliphatic carbocycles. The standard InChI is InChI=1S/C21H17N3O4/c1-13-3-5-14(6-4-13)20(25)15-7-8-16-17(11-15)28-21(26)24(16)12-18-22-10-9-19(23-18)27-2/h3-11H,12H2,1-2H3. The Bertz CT molecular complexity index is 1220. The summed E-state index contributed by atoms with van der Waals surface area (Å²) in [5.41, 5.74) is 3.02. The van der Waals surface area contributed by atoms with Gasteiger partial charge in [-0.25, -0.2) is 9.78 Å². The smallest absolute Gasteiger partial charge is 0.420 e. The van der Waals surface area contributed by atoms with Crippen LogP contribution in [0.4, 0.5) is 0 Å². The van der Waals surface area contributed by atoms with Crippen molar-refractivity contribution in [3.63, 3.8) is 0 Å². The second-order valence-corrected chi connectivity index (χ2v) is 6.35. The van der Waals surface area contributed by atoms with Gasteiger partial charge in [-0.3, -0.25) is 9.36 Å². The quantitative estimate of drug-likeness (QED) is 0.499. The number of ketones is 1. The molecule has 0 saturated heterocycles. The van der Waals surface area contributed by atoms with Crippen LogP contribution in [0.15, 0.2) is 63.9 Å². The Labute approximate surface area is 160 Å². The third-order valence-corrected chi connectivity index (χ3v) is 4.43. The van der Waals surface area contributed by atoms with E-state index in [4.69, 9.17) is 9.15 Å². The van der Waals surface area contributed by atoms with Crippen LogP contribution in [0.1, 0.15) is 27.3 Å². The molecular weight excluding hydrogens is 358 g/mol. The summed E-state index contributed by atoms with van der Waals surface area (Å²) in [6, 6.07) is 13.9. The predicted octanol–water partition coefficient (Wildman–Crippen LogP) is 2.98. The maximum Gasteiger partial charge on any atom is 0.420 e. The molecule has 0 saturated carbocycles. The maximum atomic E-state index is 12.7. The number of carbonyl (C=O) groups is 1. The minimum atomic E-state index is -0.540. The average Bonchev–Trinajstić information content (AvgIpc) is 3.02. The van der Waals surface area contributed by atoms with Gasteiger partial charge in [0.25, 0.3) is 0 Å². The summed E-state index contributed by atoms with van der Waals surface area (Å²) in [6.45, 7) is 2.10. The van der Waals surface area contributed by atoms with Gasteiger partial charge in [0.2, 0.25) is 5.88 Å². The van der Waals surface area contributed by atoms with E-state index >= 15 is 0 Å². The fourth-order valence-electron chi connectivity index (χ4n) is 2.94. The van der Waals surface area contributed by atoms with E-state index in [1.165, 1.54) is 11.7 Å². The highest BCUT2D eigenvalue weighted by molar-refractivity contribution is 6.10. The van der Waals surface area contributed by atoms with E-state index in [-0.39, 0.29) is 12.3 Å². The maximum absolute atomic E-state index is 12.7. The number of ether oxygens (including phenoxy) is 1.